The van der Waals surface area contributed by atoms with Crippen molar-refractivity contribution in [2.75, 3.05) is 6.54 Å². The highest BCUT2D eigenvalue weighted by Crippen LogP contribution is 2.08. The fourth-order valence-electron chi connectivity index (χ4n) is 2.92. The molecule has 14 nitrogen and oxygen atoms in total. The monoisotopic (exact) mass is 489 g/mol. The molecule has 0 spiro atoms. The standard InChI is InChI=1S/C20H39N7O7/c1-9(2)8-13(17(31)27-15(11(4)29)19(33)34)25-18(32)14(10(3)28)26-16(30)12(21)6-5-7-24-20(22)23/h9-15,28-29H,5-8,21H2,1-4H3,(H,25,32)(H,26,30)(H,27,31)(H,33,34)(H4,22,23,24). The Hall–Kier alpha value is -2.97. The third-order valence-electron chi connectivity index (χ3n) is 4.75. The van der Waals surface area contributed by atoms with Gasteiger partial charge in [0, 0.05) is 6.54 Å². The minimum atomic E-state index is -1.58. The van der Waals surface area contributed by atoms with Gasteiger partial charge in [0.15, 0.2) is 12.0 Å². The molecule has 6 atom stereocenters. The molecular weight excluding hydrogens is 450 g/mol. The zero-order valence-corrected chi connectivity index (χ0v) is 20.0. The van der Waals surface area contributed by atoms with E-state index in [1.165, 1.54) is 13.8 Å². The van der Waals surface area contributed by atoms with Gasteiger partial charge in [0.25, 0.3) is 0 Å². The minimum absolute atomic E-state index is 0.0795. The summed E-state index contributed by atoms with van der Waals surface area (Å²) in [5.74, 6) is -4.00. The van der Waals surface area contributed by atoms with Gasteiger partial charge in [-0.1, -0.05) is 13.8 Å². The van der Waals surface area contributed by atoms with Gasteiger partial charge in [-0.25, -0.2) is 4.79 Å². The molecule has 196 valence electrons. The van der Waals surface area contributed by atoms with Crippen molar-refractivity contribution >= 4 is 29.7 Å². The number of aliphatic hydroxyl groups is 2. The van der Waals surface area contributed by atoms with Gasteiger partial charge < -0.3 is 48.5 Å². The van der Waals surface area contributed by atoms with Gasteiger partial charge in [-0.05, 0) is 39.0 Å². The second kappa shape index (κ2) is 15.0. The number of nitrogens with two attached hydrogens (primary N) is 3. The van der Waals surface area contributed by atoms with Crippen LogP contribution < -0.4 is 33.2 Å². The molecule has 0 bridgehead atoms. The predicted molar refractivity (Wildman–Crippen MR) is 124 cm³/mol. The largest absolute Gasteiger partial charge is 0.480 e. The maximum atomic E-state index is 12.8. The number of aliphatic carboxylic acids is 1. The Morgan fingerprint density at radius 1 is 0.853 bits per heavy atom. The molecule has 0 radical (unpaired) electrons. The third-order valence-corrected chi connectivity index (χ3v) is 4.75. The lowest BCUT2D eigenvalue weighted by atomic mass is 10.0. The molecule has 0 aromatic carbocycles. The Kier molecular flexibility index (Phi) is 13.7. The molecule has 3 amide bonds. The maximum absolute atomic E-state index is 12.8. The van der Waals surface area contributed by atoms with E-state index < -0.39 is 60.1 Å². The number of carbonyl (C=O) groups is 4. The van der Waals surface area contributed by atoms with Crippen molar-refractivity contribution in [1.29, 1.82) is 0 Å². The van der Waals surface area contributed by atoms with Crippen molar-refractivity contribution < 1.29 is 34.5 Å². The average molecular weight is 490 g/mol. The van der Waals surface area contributed by atoms with Crippen molar-refractivity contribution in [3.63, 3.8) is 0 Å². The molecule has 0 fully saturated rings. The summed E-state index contributed by atoms with van der Waals surface area (Å²) in [6.07, 6.45) is -1.96. The number of hydrogen-bond donors (Lipinski definition) is 9. The summed E-state index contributed by atoms with van der Waals surface area (Å²) in [6.45, 7) is 6.31. The first-order valence-corrected chi connectivity index (χ1v) is 11.0. The van der Waals surface area contributed by atoms with Crippen LogP contribution in [0.1, 0.15) is 47.0 Å². The summed E-state index contributed by atoms with van der Waals surface area (Å²) >= 11 is 0. The molecule has 0 aliphatic heterocycles. The number of carboxylic acids is 1. The molecule has 0 saturated carbocycles. The Morgan fingerprint density at radius 3 is 1.82 bits per heavy atom. The summed E-state index contributed by atoms with van der Waals surface area (Å²) in [5, 5.41) is 35.8. The molecule has 0 saturated heterocycles. The van der Waals surface area contributed by atoms with E-state index in [1.54, 1.807) is 13.8 Å². The van der Waals surface area contributed by atoms with Crippen LogP contribution in [0.2, 0.25) is 0 Å². The Balaban J connectivity index is 5.30. The summed E-state index contributed by atoms with van der Waals surface area (Å²) in [5.41, 5.74) is 16.3. The maximum Gasteiger partial charge on any atom is 0.328 e. The number of nitrogens with zero attached hydrogens (tertiary/aromatic N) is 1. The summed E-state index contributed by atoms with van der Waals surface area (Å²) in [4.78, 5) is 52.9. The molecule has 0 heterocycles. The molecule has 34 heavy (non-hydrogen) atoms. The first kappa shape index (κ1) is 31.0. The molecule has 14 heteroatoms. The second-order valence-electron chi connectivity index (χ2n) is 8.54. The molecule has 12 N–H and O–H groups in total. The highest BCUT2D eigenvalue weighted by molar-refractivity contribution is 5.94. The van der Waals surface area contributed by atoms with Crippen molar-refractivity contribution in [1.82, 2.24) is 16.0 Å². The van der Waals surface area contributed by atoms with Crippen LogP contribution in [-0.4, -0.2) is 87.9 Å². The van der Waals surface area contributed by atoms with Crippen LogP contribution in [0.3, 0.4) is 0 Å². The van der Waals surface area contributed by atoms with Gasteiger partial charge in [-0.2, -0.15) is 0 Å². The van der Waals surface area contributed by atoms with E-state index in [0.29, 0.717) is 6.42 Å². The average Bonchev–Trinajstić information content (AvgIpc) is 2.70. The van der Waals surface area contributed by atoms with Crippen LogP contribution in [0, 0.1) is 5.92 Å². The van der Waals surface area contributed by atoms with Crippen LogP contribution in [0.4, 0.5) is 0 Å². The van der Waals surface area contributed by atoms with Crippen LogP contribution in [0.5, 0.6) is 0 Å². The van der Waals surface area contributed by atoms with Gasteiger partial charge in [0.05, 0.1) is 18.2 Å². The molecule has 6 unspecified atom stereocenters. The minimum Gasteiger partial charge on any atom is -0.480 e. The van der Waals surface area contributed by atoms with Crippen LogP contribution >= 0.6 is 0 Å². The zero-order chi connectivity index (χ0) is 26.6. The number of rotatable bonds is 15. The predicted octanol–water partition coefficient (Wildman–Crippen LogP) is -3.29. The smallest absolute Gasteiger partial charge is 0.328 e. The fourth-order valence-corrected chi connectivity index (χ4v) is 2.92. The molecule has 0 aromatic heterocycles. The van der Waals surface area contributed by atoms with E-state index in [4.69, 9.17) is 17.2 Å². The third kappa shape index (κ3) is 11.8. The van der Waals surface area contributed by atoms with E-state index in [-0.39, 0.29) is 31.3 Å². The molecule has 0 rings (SSSR count). The number of hydrogen-bond acceptors (Lipinski definition) is 8. The Bertz CT molecular complexity index is 724. The lowest BCUT2D eigenvalue weighted by molar-refractivity contribution is -0.145. The highest BCUT2D eigenvalue weighted by Gasteiger charge is 2.33. The highest BCUT2D eigenvalue weighted by atomic mass is 16.4. The number of carbonyl (C=O) groups excluding carboxylic acids is 3. The lowest BCUT2D eigenvalue weighted by Crippen LogP contribution is -2.60. The van der Waals surface area contributed by atoms with E-state index >= 15 is 0 Å². The van der Waals surface area contributed by atoms with Crippen molar-refractivity contribution in [2.24, 2.45) is 28.1 Å². The topological polar surface area (TPSA) is 255 Å². The van der Waals surface area contributed by atoms with Crippen LogP contribution in [-0.2, 0) is 19.2 Å². The van der Waals surface area contributed by atoms with Gasteiger partial charge in [0.2, 0.25) is 17.7 Å². The summed E-state index contributed by atoms with van der Waals surface area (Å²) < 4.78 is 0. The molecule has 0 aliphatic rings. The lowest BCUT2D eigenvalue weighted by Gasteiger charge is -2.27. The number of nitrogens with one attached hydrogen (secondary N) is 3. The van der Waals surface area contributed by atoms with E-state index in [2.05, 4.69) is 20.9 Å². The molecular formula is C20H39N7O7. The molecule has 0 aromatic rings. The fraction of sp³-hybridized carbons (Fsp3) is 0.750. The first-order valence-electron chi connectivity index (χ1n) is 11.0. The van der Waals surface area contributed by atoms with Gasteiger partial charge in [-0.15, -0.1) is 0 Å². The van der Waals surface area contributed by atoms with Crippen molar-refractivity contribution in [2.45, 2.75) is 83.3 Å². The number of aliphatic hydroxyl groups excluding tert-OH is 2. The Morgan fingerprint density at radius 2 is 1.38 bits per heavy atom. The number of carboxylic acid groups (broad SMARTS) is 1. The number of guanidine groups is 1. The number of aliphatic imine (C=N–C) groups is 1. The van der Waals surface area contributed by atoms with Crippen LogP contribution in [0.15, 0.2) is 4.99 Å². The summed E-state index contributed by atoms with van der Waals surface area (Å²) in [6, 6.07) is -5.19. The Labute approximate surface area is 198 Å². The van der Waals surface area contributed by atoms with Crippen LogP contribution in [0.25, 0.3) is 0 Å². The second-order valence-corrected chi connectivity index (χ2v) is 8.54. The van der Waals surface area contributed by atoms with Gasteiger partial charge >= 0.3 is 5.97 Å². The van der Waals surface area contributed by atoms with E-state index in [0.717, 1.165) is 0 Å². The normalized spacial score (nSPS) is 16.4. The van der Waals surface area contributed by atoms with E-state index in [1.807, 2.05) is 0 Å². The number of amides is 3. The summed E-state index contributed by atoms with van der Waals surface area (Å²) in [7, 11) is 0. The van der Waals surface area contributed by atoms with Crippen molar-refractivity contribution in [3.05, 3.63) is 0 Å². The zero-order valence-electron chi connectivity index (χ0n) is 20.0. The SMILES string of the molecule is CC(C)CC(NC(=O)C(NC(=O)C(N)CCCN=C(N)N)C(C)O)C(=O)NC(C(=O)O)C(C)O. The molecule has 0 aliphatic carbocycles. The van der Waals surface area contributed by atoms with Crippen molar-refractivity contribution in [3.8, 4) is 0 Å². The van der Waals surface area contributed by atoms with Gasteiger partial charge in [0.1, 0.15) is 12.1 Å². The van der Waals surface area contributed by atoms with Gasteiger partial charge in [-0.3, -0.25) is 19.4 Å². The first-order chi connectivity index (χ1) is 15.7. The quantitative estimate of drug-likeness (QED) is 0.0629. The van der Waals surface area contributed by atoms with E-state index in [9.17, 15) is 34.5 Å².